The van der Waals surface area contributed by atoms with Crippen LogP contribution >= 0.6 is 0 Å². The molecule has 0 aromatic rings. The fourth-order valence-corrected chi connectivity index (χ4v) is 2.59. The average molecular weight is 284 g/mol. The Bertz CT molecular complexity index is 338. The van der Waals surface area contributed by atoms with Crippen LogP contribution in [0.25, 0.3) is 0 Å². The first-order chi connectivity index (χ1) is 9.74. The van der Waals surface area contributed by atoms with Crippen molar-refractivity contribution in [2.24, 2.45) is 11.8 Å². The minimum absolute atomic E-state index is 0.0555. The Morgan fingerprint density at radius 2 is 1.25 bits per heavy atom. The molecule has 2 heterocycles. The van der Waals surface area contributed by atoms with Crippen molar-refractivity contribution in [1.82, 2.24) is 0 Å². The van der Waals surface area contributed by atoms with E-state index in [2.05, 4.69) is 0 Å². The normalized spacial score (nSPS) is 35.2. The summed E-state index contributed by atoms with van der Waals surface area (Å²) < 4.78 is 20.5. The van der Waals surface area contributed by atoms with Gasteiger partial charge in [-0.3, -0.25) is 9.59 Å². The second kappa shape index (κ2) is 6.10. The Labute approximate surface area is 117 Å². The van der Waals surface area contributed by atoms with Gasteiger partial charge in [0.05, 0.1) is 25.0 Å². The number of hydrogen-bond donors (Lipinski definition) is 0. The van der Waals surface area contributed by atoms with Crippen LogP contribution in [0.1, 0.15) is 25.7 Å². The number of carbonyl (C=O) groups is 2. The first-order valence-electron chi connectivity index (χ1n) is 7.30. The molecule has 2 saturated heterocycles. The summed E-state index contributed by atoms with van der Waals surface area (Å²) in [6.45, 7) is 1.91. The van der Waals surface area contributed by atoms with Gasteiger partial charge in [0, 0.05) is 0 Å². The third-order valence-corrected chi connectivity index (χ3v) is 4.00. The van der Waals surface area contributed by atoms with Crippen LogP contribution in [0.2, 0.25) is 0 Å². The molecular formula is C14H20O6. The molecule has 0 aromatic carbocycles. The molecule has 0 amide bonds. The summed E-state index contributed by atoms with van der Waals surface area (Å²) in [7, 11) is 0. The van der Waals surface area contributed by atoms with Crippen LogP contribution in [0, 0.1) is 11.8 Å². The lowest BCUT2D eigenvalue weighted by molar-refractivity contribution is -0.163. The van der Waals surface area contributed by atoms with Gasteiger partial charge in [-0.05, 0) is 12.8 Å². The zero-order chi connectivity index (χ0) is 13.9. The first-order valence-corrected chi connectivity index (χ1v) is 7.30. The number of esters is 2. The molecule has 0 N–H and O–H groups in total. The molecule has 0 bridgehead atoms. The maximum absolute atomic E-state index is 12.1. The Morgan fingerprint density at radius 1 is 0.850 bits per heavy atom. The van der Waals surface area contributed by atoms with Crippen molar-refractivity contribution in [3.05, 3.63) is 0 Å². The number of carbonyl (C=O) groups excluding carboxylic acids is 2. The van der Waals surface area contributed by atoms with Gasteiger partial charge >= 0.3 is 11.9 Å². The van der Waals surface area contributed by atoms with Gasteiger partial charge in [-0.2, -0.15) is 0 Å². The molecule has 3 fully saturated rings. The van der Waals surface area contributed by atoms with E-state index in [1.807, 2.05) is 0 Å². The Kier molecular flexibility index (Phi) is 4.21. The Hall–Kier alpha value is -1.14. The molecule has 3 aliphatic rings. The van der Waals surface area contributed by atoms with Crippen molar-refractivity contribution < 1.29 is 28.5 Å². The molecule has 3 unspecified atom stereocenters. The second-order valence-electron chi connectivity index (χ2n) is 5.67. The SMILES string of the molecule is O=C(OCC1CO1)C1CCCCC1C(=O)OC[C@@H]1CO1. The molecule has 0 aromatic heterocycles. The summed E-state index contributed by atoms with van der Waals surface area (Å²) >= 11 is 0. The molecule has 4 atom stereocenters. The Balaban J connectivity index is 1.50. The average Bonchev–Trinajstić information content (AvgIpc) is 3.36. The van der Waals surface area contributed by atoms with Gasteiger partial charge in [-0.1, -0.05) is 12.8 Å². The molecule has 0 radical (unpaired) electrons. The first kappa shape index (κ1) is 13.8. The predicted octanol–water partition coefficient (Wildman–Crippen LogP) is 0.677. The highest BCUT2D eigenvalue weighted by molar-refractivity contribution is 5.82. The van der Waals surface area contributed by atoms with E-state index >= 15 is 0 Å². The van der Waals surface area contributed by atoms with Crippen LogP contribution in [0.4, 0.5) is 0 Å². The van der Waals surface area contributed by atoms with E-state index < -0.39 is 0 Å². The zero-order valence-electron chi connectivity index (χ0n) is 11.4. The van der Waals surface area contributed by atoms with E-state index in [-0.39, 0.29) is 36.0 Å². The summed E-state index contributed by atoms with van der Waals surface area (Å²) in [6, 6.07) is 0. The molecule has 20 heavy (non-hydrogen) atoms. The van der Waals surface area contributed by atoms with Gasteiger partial charge in [-0.25, -0.2) is 0 Å². The van der Waals surface area contributed by atoms with E-state index in [1.165, 1.54) is 0 Å². The highest BCUT2D eigenvalue weighted by Gasteiger charge is 2.39. The fourth-order valence-electron chi connectivity index (χ4n) is 2.59. The topological polar surface area (TPSA) is 77.7 Å². The minimum Gasteiger partial charge on any atom is -0.463 e. The summed E-state index contributed by atoms with van der Waals surface area (Å²) in [5.41, 5.74) is 0. The van der Waals surface area contributed by atoms with Crippen LogP contribution in [0.5, 0.6) is 0 Å². The van der Waals surface area contributed by atoms with Crippen molar-refractivity contribution in [2.75, 3.05) is 26.4 Å². The monoisotopic (exact) mass is 284 g/mol. The third kappa shape index (κ3) is 3.70. The molecule has 6 heteroatoms. The summed E-state index contributed by atoms with van der Waals surface area (Å²) in [6.07, 6.45) is 3.42. The third-order valence-electron chi connectivity index (χ3n) is 4.00. The number of hydrogen-bond acceptors (Lipinski definition) is 6. The molecule has 0 spiro atoms. The van der Waals surface area contributed by atoms with Crippen molar-refractivity contribution >= 4 is 11.9 Å². The number of ether oxygens (including phenoxy) is 4. The molecule has 1 saturated carbocycles. The minimum atomic E-state index is -0.366. The van der Waals surface area contributed by atoms with Gasteiger partial charge in [0.1, 0.15) is 25.4 Å². The van der Waals surface area contributed by atoms with Crippen LogP contribution in [-0.4, -0.2) is 50.6 Å². The van der Waals surface area contributed by atoms with Gasteiger partial charge in [0.2, 0.25) is 0 Å². The van der Waals surface area contributed by atoms with Gasteiger partial charge in [-0.15, -0.1) is 0 Å². The van der Waals surface area contributed by atoms with Crippen LogP contribution in [0.15, 0.2) is 0 Å². The van der Waals surface area contributed by atoms with E-state index in [1.54, 1.807) is 0 Å². The van der Waals surface area contributed by atoms with Gasteiger partial charge in [0.25, 0.3) is 0 Å². The highest BCUT2D eigenvalue weighted by Crippen LogP contribution is 2.32. The Morgan fingerprint density at radius 3 is 1.60 bits per heavy atom. The van der Waals surface area contributed by atoms with Gasteiger partial charge < -0.3 is 18.9 Å². The van der Waals surface area contributed by atoms with E-state index in [4.69, 9.17) is 18.9 Å². The lowest BCUT2D eigenvalue weighted by Crippen LogP contribution is -2.35. The fraction of sp³-hybridized carbons (Fsp3) is 0.857. The van der Waals surface area contributed by atoms with Crippen molar-refractivity contribution in [2.45, 2.75) is 37.9 Å². The summed E-state index contributed by atoms with van der Waals surface area (Å²) in [5.74, 6) is -1.31. The molecule has 3 rings (SSSR count). The molecule has 1 aliphatic carbocycles. The summed E-state index contributed by atoms with van der Waals surface area (Å²) in [4.78, 5) is 24.2. The smallest absolute Gasteiger partial charge is 0.309 e. The standard InChI is InChI=1S/C14H20O6/c15-13(19-7-9-5-17-9)11-3-1-2-4-12(11)14(16)20-8-10-6-18-10/h9-12H,1-8H2/t9-,10?,11?,12?/m0/s1. The van der Waals surface area contributed by atoms with Crippen LogP contribution in [0.3, 0.4) is 0 Å². The highest BCUT2D eigenvalue weighted by atomic mass is 16.6. The predicted molar refractivity (Wildman–Crippen MR) is 66.8 cm³/mol. The van der Waals surface area contributed by atoms with E-state index in [0.29, 0.717) is 39.3 Å². The number of rotatable bonds is 6. The molecular weight excluding hydrogens is 264 g/mol. The van der Waals surface area contributed by atoms with Crippen molar-refractivity contribution in [3.8, 4) is 0 Å². The maximum Gasteiger partial charge on any atom is 0.309 e. The van der Waals surface area contributed by atoms with E-state index in [9.17, 15) is 9.59 Å². The van der Waals surface area contributed by atoms with Crippen LogP contribution < -0.4 is 0 Å². The molecule has 2 aliphatic heterocycles. The quantitative estimate of drug-likeness (QED) is 0.527. The van der Waals surface area contributed by atoms with Crippen molar-refractivity contribution in [3.63, 3.8) is 0 Å². The number of epoxide rings is 2. The zero-order valence-corrected chi connectivity index (χ0v) is 11.4. The van der Waals surface area contributed by atoms with Gasteiger partial charge in [0.15, 0.2) is 0 Å². The largest absolute Gasteiger partial charge is 0.463 e. The molecule has 112 valence electrons. The van der Waals surface area contributed by atoms with E-state index in [0.717, 1.165) is 12.8 Å². The lowest BCUT2D eigenvalue weighted by Gasteiger charge is -2.28. The van der Waals surface area contributed by atoms with Crippen LogP contribution in [-0.2, 0) is 28.5 Å². The lowest BCUT2D eigenvalue weighted by atomic mass is 9.79. The summed E-state index contributed by atoms with van der Waals surface area (Å²) in [5, 5.41) is 0. The van der Waals surface area contributed by atoms with Crippen molar-refractivity contribution in [1.29, 1.82) is 0 Å². The second-order valence-corrected chi connectivity index (χ2v) is 5.67. The molecule has 6 nitrogen and oxygen atoms in total. The maximum atomic E-state index is 12.1.